The summed E-state index contributed by atoms with van der Waals surface area (Å²) in [7, 11) is 0. The number of amides is 1. The van der Waals surface area contributed by atoms with E-state index in [0.29, 0.717) is 24.6 Å². The Balaban J connectivity index is 1.70. The Morgan fingerprint density at radius 1 is 1.57 bits per heavy atom. The zero-order valence-electron chi connectivity index (χ0n) is 16.6. The molecule has 1 atom stereocenters. The van der Waals surface area contributed by atoms with Crippen LogP contribution in [0.1, 0.15) is 30.9 Å². The molecular formula is C21H23F2N3O3S. The number of morpholine rings is 1. The van der Waals surface area contributed by atoms with Crippen molar-refractivity contribution in [2.45, 2.75) is 25.9 Å². The van der Waals surface area contributed by atoms with E-state index in [-0.39, 0.29) is 40.0 Å². The van der Waals surface area contributed by atoms with Gasteiger partial charge in [0.25, 0.3) is 0 Å². The lowest BCUT2D eigenvalue weighted by atomic mass is 10.1. The van der Waals surface area contributed by atoms with Crippen molar-refractivity contribution in [2.75, 3.05) is 26.6 Å². The summed E-state index contributed by atoms with van der Waals surface area (Å²) in [5.41, 5.74) is 5.97. The maximum absolute atomic E-state index is 13.8. The maximum atomic E-state index is 13.8. The molecule has 1 amide bonds. The van der Waals surface area contributed by atoms with Gasteiger partial charge in [-0.2, -0.15) is 5.26 Å². The monoisotopic (exact) mass is 435 g/mol. The van der Waals surface area contributed by atoms with Crippen molar-refractivity contribution in [3.05, 3.63) is 46.0 Å². The molecule has 1 aromatic rings. The average Bonchev–Trinajstić information content (AvgIpc) is 3.50. The van der Waals surface area contributed by atoms with Crippen molar-refractivity contribution in [1.82, 2.24) is 4.90 Å². The number of carbonyl (C=O) groups is 1. The third-order valence-corrected chi connectivity index (χ3v) is 6.21. The second-order valence-corrected chi connectivity index (χ2v) is 8.52. The first-order chi connectivity index (χ1) is 14.3. The summed E-state index contributed by atoms with van der Waals surface area (Å²) in [5, 5.41) is 10.6. The molecule has 1 saturated heterocycles. The number of hydrogen-bond donors (Lipinski definition) is 1. The predicted molar refractivity (Wildman–Crippen MR) is 110 cm³/mol. The number of ether oxygens (including phenoxy) is 2. The molecule has 6 nitrogen and oxygen atoms in total. The van der Waals surface area contributed by atoms with Gasteiger partial charge < -0.3 is 20.1 Å². The van der Waals surface area contributed by atoms with E-state index in [0.717, 1.165) is 18.9 Å². The summed E-state index contributed by atoms with van der Waals surface area (Å²) in [5.74, 6) is -0.774. The molecule has 30 heavy (non-hydrogen) atoms. The molecule has 0 aromatic heterocycles. The molecule has 3 rings (SSSR count). The highest BCUT2D eigenvalue weighted by Gasteiger charge is 2.47. The van der Waals surface area contributed by atoms with Gasteiger partial charge in [0.2, 0.25) is 12.8 Å². The number of benzene rings is 1. The van der Waals surface area contributed by atoms with E-state index >= 15 is 0 Å². The van der Waals surface area contributed by atoms with Gasteiger partial charge in [0.05, 0.1) is 18.7 Å². The van der Waals surface area contributed by atoms with Gasteiger partial charge in [0.15, 0.2) is 0 Å². The lowest BCUT2D eigenvalue weighted by molar-refractivity contribution is -0.142. The topological polar surface area (TPSA) is 88.6 Å². The van der Waals surface area contributed by atoms with Crippen LogP contribution in [0.3, 0.4) is 0 Å². The molecule has 2 aliphatic rings. The van der Waals surface area contributed by atoms with Crippen LogP contribution in [0.4, 0.5) is 8.78 Å². The van der Waals surface area contributed by atoms with Crippen LogP contribution in [0, 0.1) is 22.6 Å². The average molecular weight is 435 g/mol. The minimum absolute atomic E-state index is 0.0997. The fraction of sp³-hybridized carbons (Fsp3) is 0.429. The molecule has 2 N–H and O–H groups in total. The fourth-order valence-electron chi connectivity index (χ4n) is 3.13. The quantitative estimate of drug-likeness (QED) is 0.705. The molecule has 1 aromatic carbocycles. The van der Waals surface area contributed by atoms with Crippen LogP contribution in [-0.4, -0.2) is 43.5 Å². The number of hydrogen-bond acceptors (Lipinski definition) is 6. The van der Waals surface area contributed by atoms with Crippen molar-refractivity contribution in [3.63, 3.8) is 0 Å². The second kappa shape index (κ2) is 9.06. The van der Waals surface area contributed by atoms with Gasteiger partial charge in [0, 0.05) is 34.2 Å². The standard InChI is InChI=1S/C21H23F2N3O3S/c1-13(19-10-26(5-6-28-19)20(27)21(2)3-4-21)30-11-17(25)15-7-14(9-24)16(23)8-18(15)29-12-22/h7-8,11,19H,1,3-6,10,12,25H2,2H3/b17-11-/t19-/m1/s1. The Bertz CT molecular complexity index is 925. The Labute approximate surface area is 178 Å². The molecule has 2 fully saturated rings. The molecule has 1 heterocycles. The first-order valence-corrected chi connectivity index (χ1v) is 10.3. The number of thioether (sulfide) groups is 1. The molecular weight excluding hydrogens is 412 g/mol. The van der Waals surface area contributed by atoms with Crippen molar-refractivity contribution in [3.8, 4) is 11.8 Å². The van der Waals surface area contributed by atoms with Crippen LogP contribution >= 0.6 is 11.8 Å². The van der Waals surface area contributed by atoms with Gasteiger partial charge in [0.1, 0.15) is 23.7 Å². The van der Waals surface area contributed by atoms with E-state index in [1.807, 2.05) is 11.8 Å². The predicted octanol–water partition coefficient (Wildman–Crippen LogP) is 3.53. The first kappa shape index (κ1) is 22.1. The Kier molecular flexibility index (Phi) is 6.68. The number of halogens is 2. The minimum atomic E-state index is -1.16. The number of rotatable bonds is 7. The molecule has 0 radical (unpaired) electrons. The van der Waals surface area contributed by atoms with Crippen LogP contribution < -0.4 is 10.5 Å². The molecule has 1 saturated carbocycles. The summed E-state index contributed by atoms with van der Waals surface area (Å²) in [6.07, 6.45) is 1.46. The lowest BCUT2D eigenvalue weighted by Crippen LogP contribution is -2.48. The molecule has 1 aliphatic heterocycles. The molecule has 9 heteroatoms. The highest BCUT2D eigenvalue weighted by molar-refractivity contribution is 8.06. The summed E-state index contributed by atoms with van der Waals surface area (Å²) < 4.78 is 37.0. The highest BCUT2D eigenvalue weighted by Crippen LogP contribution is 2.46. The summed E-state index contributed by atoms with van der Waals surface area (Å²) in [6.45, 7) is 6.22. The Morgan fingerprint density at radius 2 is 2.30 bits per heavy atom. The van der Waals surface area contributed by atoms with Gasteiger partial charge >= 0.3 is 0 Å². The highest BCUT2D eigenvalue weighted by atomic mass is 32.2. The van der Waals surface area contributed by atoms with E-state index in [1.54, 1.807) is 11.5 Å². The number of nitrogens with zero attached hydrogens (tertiary/aromatic N) is 2. The van der Waals surface area contributed by atoms with Crippen LogP contribution in [0.2, 0.25) is 0 Å². The van der Waals surface area contributed by atoms with Gasteiger partial charge in [-0.3, -0.25) is 4.79 Å². The number of carbonyl (C=O) groups excluding carboxylic acids is 1. The summed E-state index contributed by atoms with van der Waals surface area (Å²) in [6, 6.07) is 3.86. The van der Waals surface area contributed by atoms with E-state index in [1.165, 1.54) is 17.8 Å². The van der Waals surface area contributed by atoms with E-state index in [9.17, 15) is 13.6 Å². The van der Waals surface area contributed by atoms with Crippen LogP contribution in [0.15, 0.2) is 29.0 Å². The molecule has 1 aliphatic carbocycles. The zero-order valence-corrected chi connectivity index (χ0v) is 17.4. The maximum Gasteiger partial charge on any atom is 0.228 e. The number of nitrogens with two attached hydrogens (primary N) is 1. The van der Waals surface area contributed by atoms with Crippen molar-refractivity contribution in [1.29, 1.82) is 5.26 Å². The van der Waals surface area contributed by atoms with Gasteiger partial charge in [-0.25, -0.2) is 8.78 Å². The van der Waals surface area contributed by atoms with E-state index in [4.69, 9.17) is 20.5 Å². The van der Waals surface area contributed by atoms with Crippen LogP contribution in [0.5, 0.6) is 5.75 Å². The molecule has 0 bridgehead atoms. The summed E-state index contributed by atoms with van der Waals surface area (Å²) in [4.78, 5) is 15.0. The second-order valence-electron chi connectivity index (χ2n) is 7.52. The Morgan fingerprint density at radius 3 is 2.93 bits per heavy atom. The third kappa shape index (κ3) is 4.77. The van der Waals surface area contributed by atoms with Crippen molar-refractivity contribution in [2.24, 2.45) is 11.1 Å². The van der Waals surface area contributed by atoms with Crippen LogP contribution in [-0.2, 0) is 9.53 Å². The Hall–Kier alpha value is -2.57. The van der Waals surface area contributed by atoms with E-state index in [2.05, 4.69) is 6.58 Å². The van der Waals surface area contributed by atoms with Crippen molar-refractivity contribution >= 4 is 23.4 Å². The zero-order chi connectivity index (χ0) is 21.9. The van der Waals surface area contributed by atoms with Crippen molar-refractivity contribution < 1.29 is 23.0 Å². The number of alkyl halides is 1. The third-order valence-electron chi connectivity index (χ3n) is 5.28. The minimum Gasteiger partial charge on any atom is -0.462 e. The lowest BCUT2D eigenvalue weighted by Gasteiger charge is -2.35. The first-order valence-electron chi connectivity index (χ1n) is 9.44. The molecule has 0 spiro atoms. The normalized spacial score (nSPS) is 20.4. The van der Waals surface area contributed by atoms with E-state index < -0.39 is 12.7 Å². The van der Waals surface area contributed by atoms with Gasteiger partial charge in [-0.15, -0.1) is 0 Å². The SMILES string of the molecule is C=C(S/C=C(\N)c1cc(C#N)c(F)cc1OCF)[C@H]1CN(C(=O)C2(C)CC2)CCO1. The van der Waals surface area contributed by atoms with Gasteiger partial charge in [-0.05, 0) is 24.3 Å². The largest absolute Gasteiger partial charge is 0.462 e. The smallest absolute Gasteiger partial charge is 0.228 e. The summed E-state index contributed by atoms with van der Waals surface area (Å²) >= 11 is 1.20. The number of nitriles is 1. The molecule has 160 valence electrons. The fourth-order valence-corrected chi connectivity index (χ4v) is 3.83. The molecule has 0 unspecified atom stereocenters. The van der Waals surface area contributed by atoms with Gasteiger partial charge in [-0.1, -0.05) is 25.3 Å². The van der Waals surface area contributed by atoms with Crippen LogP contribution in [0.25, 0.3) is 5.70 Å².